The van der Waals surface area contributed by atoms with Crippen LogP contribution < -0.4 is 10.6 Å². The van der Waals surface area contributed by atoms with Gasteiger partial charge in [0.2, 0.25) is 5.91 Å². The molecule has 2 N–H and O–H groups in total. The van der Waals surface area contributed by atoms with Gasteiger partial charge in [0, 0.05) is 5.02 Å². The fourth-order valence-corrected chi connectivity index (χ4v) is 2.34. The average Bonchev–Trinajstić information content (AvgIpc) is 2.91. The highest BCUT2D eigenvalue weighted by molar-refractivity contribution is 9.10. The van der Waals surface area contributed by atoms with Crippen LogP contribution in [0.2, 0.25) is 5.02 Å². The Morgan fingerprint density at radius 1 is 1.32 bits per heavy atom. The molecule has 1 aromatic heterocycles. The number of benzene rings is 1. The van der Waals surface area contributed by atoms with Crippen LogP contribution in [0.15, 0.2) is 45.5 Å². The lowest BCUT2D eigenvalue weighted by molar-refractivity contribution is -0.120. The minimum absolute atomic E-state index is 0.137. The van der Waals surface area contributed by atoms with Gasteiger partial charge >= 0.3 is 0 Å². The maximum atomic E-state index is 11.9. The number of furan rings is 1. The van der Waals surface area contributed by atoms with Crippen LogP contribution in [0.4, 0.5) is 0 Å². The summed E-state index contributed by atoms with van der Waals surface area (Å²) in [4.78, 5) is 23.6. The fourth-order valence-electron chi connectivity index (χ4n) is 1.84. The predicted octanol–water partition coefficient (Wildman–Crippen LogP) is 3.30. The number of nitrogens with one attached hydrogen (secondary N) is 2. The Bertz CT molecular complexity index is 687. The van der Waals surface area contributed by atoms with Gasteiger partial charge in [-0.2, -0.15) is 0 Å². The Morgan fingerprint density at radius 2 is 2.09 bits per heavy atom. The summed E-state index contributed by atoms with van der Waals surface area (Å²) in [6, 6.07) is 10.2. The molecule has 116 valence electrons. The highest BCUT2D eigenvalue weighted by Crippen LogP contribution is 2.17. The molecule has 2 amide bonds. The van der Waals surface area contributed by atoms with Crippen molar-refractivity contribution in [2.45, 2.75) is 13.0 Å². The second-order valence-corrected chi connectivity index (χ2v) is 5.85. The molecule has 22 heavy (non-hydrogen) atoms. The van der Waals surface area contributed by atoms with E-state index in [1.54, 1.807) is 18.2 Å². The Kier molecular flexibility index (Phi) is 5.63. The molecule has 0 saturated carbocycles. The summed E-state index contributed by atoms with van der Waals surface area (Å²) in [7, 11) is 0. The first-order chi connectivity index (χ1) is 10.5. The van der Waals surface area contributed by atoms with Gasteiger partial charge in [-0.1, -0.05) is 23.7 Å². The van der Waals surface area contributed by atoms with E-state index in [2.05, 4.69) is 26.6 Å². The number of carbonyl (C=O) groups is 2. The SMILES string of the molecule is C[C@@H](NC(=O)CNC(=O)c1ccc(Br)o1)c1cccc(Cl)c1. The molecule has 1 atom stereocenters. The molecule has 0 fully saturated rings. The molecule has 0 aliphatic carbocycles. The van der Waals surface area contributed by atoms with Crippen molar-refractivity contribution in [1.29, 1.82) is 0 Å². The highest BCUT2D eigenvalue weighted by atomic mass is 79.9. The molecule has 2 rings (SSSR count). The summed E-state index contributed by atoms with van der Waals surface area (Å²) >= 11 is 9.02. The monoisotopic (exact) mass is 384 g/mol. The normalized spacial score (nSPS) is 11.8. The maximum absolute atomic E-state index is 11.9. The van der Waals surface area contributed by atoms with Gasteiger partial charge in [0.15, 0.2) is 10.4 Å². The third kappa shape index (κ3) is 4.61. The van der Waals surface area contributed by atoms with Gasteiger partial charge in [0.1, 0.15) is 0 Å². The number of amides is 2. The Morgan fingerprint density at radius 3 is 2.73 bits per heavy atom. The van der Waals surface area contributed by atoms with Crippen LogP contribution in [0.25, 0.3) is 0 Å². The van der Waals surface area contributed by atoms with Gasteiger partial charge < -0.3 is 15.1 Å². The van der Waals surface area contributed by atoms with Crippen molar-refractivity contribution in [3.8, 4) is 0 Å². The van der Waals surface area contributed by atoms with E-state index >= 15 is 0 Å². The van der Waals surface area contributed by atoms with Crippen molar-refractivity contribution in [1.82, 2.24) is 10.6 Å². The molecule has 5 nitrogen and oxygen atoms in total. The lowest BCUT2D eigenvalue weighted by atomic mass is 10.1. The topological polar surface area (TPSA) is 71.3 Å². The first-order valence-corrected chi connectivity index (χ1v) is 7.71. The van der Waals surface area contributed by atoms with Crippen molar-refractivity contribution in [2.24, 2.45) is 0 Å². The van der Waals surface area contributed by atoms with Crippen LogP contribution in [0.1, 0.15) is 29.1 Å². The quantitative estimate of drug-likeness (QED) is 0.829. The molecule has 1 aromatic carbocycles. The second-order valence-electron chi connectivity index (χ2n) is 4.63. The lowest BCUT2D eigenvalue weighted by Crippen LogP contribution is -2.37. The molecule has 0 saturated heterocycles. The van der Waals surface area contributed by atoms with Crippen LogP contribution in [-0.4, -0.2) is 18.4 Å². The first-order valence-electron chi connectivity index (χ1n) is 6.54. The Balaban J connectivity index is 1.84. The second kappa shape index (κ2) is 7.47. The highest BCUT2D eigenvalue weighted by Gasteiger charge is 2.14. The van der Waals surface area contributed by atoms with Crippen LogP contribution in [-0.2, 0) is 4.79 Å². The van der Waals surface area contributed by atoms with E-state index in [1.165, 1.54) is 6.07 Å². The van der Waals surface area contributed by atoms with Crippen molar-refractivity contribution in [3.05, 3.63) is 57.4 Å². The van der Waals surface area contributed by atoms with E-state index in [1.807, 2.05) is 19.1 Å². The van der Waals surface area contributed by atoms with Gasteiger partial charge in [-0.25, -0.2) is 0 Å². The molecule has 0 radical (unpaired) electrons. The largest absolute Gasteiger partial charge is 0.444 e. The Labute approximate surface area is 141 Å². The van der Waals surface area contributed by atoms with Crippen molar-refractivity contribution >= 4 is 39.3 Å². The standard InChI is InChI=1S/C15H14BrClN2O3/c1-9(10-3-2-4-11(17)7-10)19-14(20)8-18-15(21)12-5-6-13(16)22-12/h2-7,9H,8H2,1H3,(H,18,21)(H,19,20)/t9-/m1/s1. The molecule has 0 spiro atoms. The van der Waals surface area contributed by atoms with E-state index in [-0.39, 0.29) is 24.3 Å². The molecular weight excluding hydrogens is 372 g/mol. The van der Waals surface area contributed by atoms with E-state index in [4.69, 9.17) is 16.0 Å². The third-order valence-electron chi connectivity index (χ3n) is 2.93. The number of rotatable bonds is 5. The van der Waals surface area contributed by atoms with Crippen molar-refractivity contribution < 1.29 is 14.0 Å². The summed E-state index contributed by atoms with van der Waals surface area (Å²) in [5.74, 6) is -0.606. The van der Waals surface area contributed by atoms with E-state index < -0.39 is 5.91 Å². The van der Waals surface area contributed by atoms with Gasteiger partial charge in [-0.3, -0.25) is 9.59 Å². The first kappa shape index (κ1) is 16.6. The molecular formula is C15H14BrClN2O3. The summed E-state index contributed by atoms with van der Waals surface area (Å²) in [6.45, 7) is 1.71. The molecule has 2 aromatic rings. The van der Waals surface area contributed by atoms with Gasteiger partial charge in [-0.05, 0) is 52.7 Å². The number of hydrogen-bond acceptors (Lipinski definition) is 3. The zero-order valence-corrected chi connectivity index (χ0v) is 14.1. The smallest absolute Gasteiger partial charge is 0.287 e. The lowest BCUT2D eigenvalue weighted by Gasteiger charge is -2.14. The Hall–Kier alpha value is -1.79. The fraction of sp³-hybridized carbons (Fsp3) is 0.200. The summed E-state index contributed by atoms with van der Waals surface area (Å²) < 4.78 is 5.55. The van der Waals surface area contributed by atoms with Crippen LogP contribution in [0, 0.1) is 0 Å². The molecule has 0 aliphatic heterocycles. The number of halogens is 2. The van der Waals surface area contributed by atoms with Crippen molar-refractivity contribution in [3.63, 3.8) is 0 Å². The molecule has 0 aliphatic rings. The molecule has 0 unspecified atom stereocenters. The average molecular weight is 386 g/mol. The maximum Gasteiger partial charge on any atom is 0.287 e. The van der Waals surface area contributed by atoms with E-state index in [0.29, 0.717) is 9.69 Å². The van der Waals surface area contributed by atoms with Gasteiger partial charge in [0.05, 0.1) is 12.6 Å². The van der Waals surface area contributed by atoms with Gasteiger partial charge in [-0.15, -0.1) is 0 Å². The zero-order chi connectivity index (χ0) is 16.1. The van der Waals surface area contributed by atoms with E-state index in [9.17, 15) is 9.59 Å². The molecule has 1 heterocycles. The minimum Gasteiger partial charge on any atom is -0.444 e. The summed E-state index contributed by atoms with van der Waals surface area (Å²) in [6.07, 6.45) is 0. The number of hydrogen-bond donors (Lipinski definition) is 2. The zero-order valence-electron chi connectivity index (χ0n) is 11.7. The van der Waals surface area contributed by atoms with Crippen LogP contribution in [0.5, 0.6) is 0 Å². The minimum atomic E-state index is -0.448. The molecule has 0 bridgehead atoms. The predicted molar refractivity (Wildman–Crippen MR) is 86.8 cm³/mol. The molecule has 7 heteroatoms. The van der Waals surface area contributed by atoms with E-state index in [0.717, 1.165) is 5.56 Å². The number of carbonyl (C=O) groups excluding carboxylic acids is 2. The van der Waals surface area contributed by atoms with Crippen molar-refractivity contribution in [2.75, 3.05) is 6.54 Å². The third-order valence-corrected chi connectivity index (χ3v) is 3.59. The summed E-state index contributed by atoms with van der Waals surface area (Å²) in [5.41, 5.74) is 0.891. The van der Waals surface area contributed by atoms with Crippen LogP contribution in [0.3, 0.4) is 0 Å². The summed E-state index contributed by atoms with van der Waals surface area (Å²) in [5, 5.41) is 5.88. The van der Waals surface area contributed by atoms with Crippen LogP contribution >= 0.6 is 27.5 Å². The van der Waals surface area contributed by atoms with Gasteiger partial charge in [0.25, 0.3) is 5.91 Å².